The molecule has 0 radical (unpaired) electrons. The highest BCUT2D eigenvalue weighted by Gasteiger charge is 2.22. The smallest absolute Gasteiger partial charge is 0.335 e. The molecule has 1 aliphatic rings. The Kier molecular flexibility index (Phi) is 4.63. The molecule has 0 spiro atoms. The number of pyridine rings is 1. The fourth-order valence-electron chi connectivity index (χ4n) is 2.77. The predicted molar refractivity (Wildman–Crippen MR) is 80.3 cm³/mol. The molecule has 1 aliphatic carbocycles. The average molecular weight is 276 g/mol. The lowest BCUT2D eigenvalue weighted by molar-refractivity contribution is 0.0696. The van der Waals surface area contributed by atoms with Gasteiger partial charge in [-0.1, -0.05) is 33.6 Å². The molecule has 0 saturated heterocycles. The molecule has 0 aromatic carbocycles. The van der Waals surface area contributed by atoms with Gasteiger partial charge < -0.3 is 10.4 Å². The number of nitrogens with zero attached hydrogens (tertiary/aromatic N) is 1. The van der Waals surface area contributed by atoms with Gasteiger partial charge in [0, 0.05) is 11.7 Å². The van der Waals surface area contributed by atoms with Crippen molar-refractivity contribution in [1.29, 1.82) is 0 Å². The van der Waals surface area contributed by atoms with Crippen molar-refractivity contribution in [3.63, 3.8) is 0 Å². The number of rotatable bonds is 4. The standard InChI is InChI=1S/C16H24N2O2/c1-10(2)14-8-12(16(19)20)9-15(18-14)17-13-7-5-4-6-11(13)3/h8-11,13H,4-7H2,1-3H3,(H,17,18)(H,19,20). The van der Waals surface area contributed by atoms with E-state index in [0.717, 1.165) is 12.1 Å². The van der Waals surface area contributed by atoms with E-state index in [1.807, 2.05) is 13.8 Å². The highest BCUT2D eigenvalue weighted by molar-refractivity contribution is 5.88. The van der Waals surface area contributed by atoms with Gasteiger partial charge in [-0.2, -0.15) is 0 Å². The maximum atomic E-state index is 11.2. The minimum atomic E-state index is -0.894. The van der Waals surface area contributed by atoms with Crippen LogP contribution in [0.25, 0.3) is 0 Å². The Morgan fingerprint density at radius 3 is 2.65 bits per heavy atom. The number of aromatic carboxylic acids is 1. The molecule has 2 unspecified atom stereocenters. The molecule has 0 aliphatic heterocycles. The van der Waals surface area contributed by atoms with E-state index in [-0.39, 0.29) is 5.92 Å². The highest BCUT2D eigenvalue weighted by Crippen LogP contribution is 2.27. The van der Waals surface area contributed by atoms with Crippen LogP contribution < -0.4 is 5.32 Å². The van der Waals surface area contributed by atoms with Crippen molar-refractivity contribution in [2.45, 2.75) is 58.4 Å². The zero-order chi connectivity index (χ0) is 14.7. The quantitative estimate of drug-likeness (QED) is 0.875. The fourth-order valence-corrected chi connectivity index (χ4v) is 2.77. The molecular formula is C16H24N2O2. The molecule has 2 atom stereocenters. The first-order valence-corrected chi connectivity index (χ1v) is 7.49. The van der Waals surface area contributed by atoms with Crippen molar-refractivity contribution in [2.75, 3.05) is 5.32 Å². The molecule has 2 N–H and O–H groups in total. The van der Waals surface area contributed by atoms with Gasteiger partial charge in [0.25, 0.3) is 0 Å². The number of aromatic nitrogens is 1. The lowest BCUT2D eigenvalue weighted by atomic mass is 9.86. The van der Waals surface area contributed by atoms with Crippen molar-refractivity contribution < 1.29 is 9.90 Å². The maximum absolute atomic E-state index is 11.2. The molecular weight excluding hydrogens is 252 g/mol. The predicted octanol–water partition coefficient (Wildman–Crippen LogP) is 3.89. The first kappa shape index (κ1) is 14.8. The Balaban J connectivity index is 2.23. The van der Waals surface area contributed by atoms with Crippen LogP contribution in [0, 0.1) is 5.92 Å². The topological polar surface area (TPSA) is 62.2 Å². The zero-order valence-electron chi connectivity index (χ0n) is 12.5. The van der Waals surface area contributed by atoms with Gasteiger partial charge in [-0.25, -0.2) is 9.78 Å². The Morgan fingerprint density at radius 1 is 1.35 bits per heavy atom. The fraction of sp³-hybridized carbons (Fsp3) is 0.625. The van der Waals surface area contributed by atoms with Gasteiger partial charge in [0.15, 0.2) is 0 Å². The van der Waals surface area contributed by atoms with Gasteiger partial charge in [0.05, 0.1) is 5.56 Å². The summed E-state index contributed by atoms with van der Waals surface area (Å²) in [7, 11) is 0. The number of carboxylic acid groups (broad SMARTS) is 1. The minimum Gasteiger partial charge on any atom is -0.478 e. The third-order valence-electron chi connectivity index (χ3n) is 4.13. The lowest BCUT2D eigenvalue weighted by Crippen LogP contribution is -2.30. The minimum absolute atomic E-state index is 0.221. The molecule has 1 aromatic heterocycles. The molecule has 4 nitrogen and oxygen atoms in total. The van der Waals surface area contributed by atoms with Crippen LogP contribution in [0.15, 0.2) is 12.1 Å². The van der Waals surface area contributed by atoms with Crippen LogP contribution in [0.3, 0.4) is 0 Å². The molecule has 2 rings (SSSR count). The average Bonchev–Trinajstić information content (AvgIpc) is 2.41. The van der Waals surface area contributed by atoms with Crippen LogP contribution in [0.1, 0.15) is 68.4 Å². The summed E-state index contributed by atoms with van der Waals surface area (Å²) in [5.74, 6) is 0.640. The second-order valence-corrected chi connectivity index (χ2v) is 6.14. The molecule has 0 bridgehead atoms. The normalized spacial score (nSPS) is 22.8. The third-order valence-corrected chi connectivity index (χ3v) is 4.13. The van der Waals surface area contributed by atoms with E-state index < -0.39 is 5.97 Å². The van der Waals surface area contributed by atoms with Crippen molar-refractivity contribution in [1.82, 2.24) is 4.98 Å². The number of hydrogen-bond acceptors (Lipinski definition) is 3. The molecule has 0 amide bonds. The summed E-state index contributed by atoms with van der Waals surface area (Å²) in [6, 6.07) is 3.72. The lowest BCUT2D eigenvalue weighted by Gasteiger charge is -2.30. The molecule has 20 heavy (non-hydrogen) atoms. The van der Waals surface area contributed by atoms with E-state index in [1.54, 1.807) is 12.1 Å². The molecule has 110 valence electrons. The molecule has 1 saturated carbocycles. The van der Waals surface area contributed by atoms with E-state index in [4.69, 9.17) is 0 Å². The third kappa shape index (κ3) is 3.50. The number of carboxylic acids is 1. The monoisotopic (exact) mass is 276 g/mol. The molecule has 4 heteroatoms. The summed E-state index contributed by atoms with van der Waals surface area (Å²) >= 11 is 0. The van der Waals surface area contributed by atoms with Crippen molar-refractivity contribution in [2.24, 2.45) is 5.92 Å². The number of anilines is 1. The van der Waals surface area contributed by atoms with Crippen LogP contribution in [-0.2, 0) is 0 Å². The summed E-state index contributed by atoms with van der Waals surface area (Å²) in [6.07, 6.45) is 4.89. The van der Waals surface area contributed by atoms with Crippen LogP contribution in [-0.4, -0.2) is 22.1 Å². The van der Waals surface area contributed by atoms with Crippen LogP contribution >= 0.6 is 0 Å². The maximum Gasteiger partial charge on any atom is 0.335 e. The van der Waals surface area contributed by atoms with Crippen molar-refractivity contribution in [3.05, 3.63) is 23.4 Å². The van der Waals surface area contributed by atoms with Crippen LogP contribution in [0.4, 0.5) is 5.82 Å². The zero-order valence-corrected chi connectivity index (χ0v) is 12.5. The number of carbonyl (C=O) groups is 1. The van der Waals surface area contributed by atoms with E-state index >= 15 is 0 Å². The Bertz CT molecular complexity index is 485. The summed E-state index contributed by atoms with van der Waals surface area (Å²) in [6.45, 7) is 6.31. The van der Waals surface area contributed by atoms with E-state index in [9.17, 15) is 9.90 Å². The Morgan fingerprint density at radius 2 is 2.05 bits per heavy atom. The Hall–Kier alpha value is -1.58. The highest BCUT2D eigenvalue weighted by atomic mass is 16.4. The van der Waals surface area contributed by atoms with E-state index in [1.165, 1.54) is 19.3 Å². The molecule has 1 aromatic rings. The van der Waals surface area contributed by atoms with Crippen LogP contribution in [0.2, 0.25) is 0 Å². The molecule has 1 fully saturated rings. The first-order valence-electron chi connectivity index (χ1n) is 7.49. The summed E-state index contributed by atoms with van der Waals surface area (Å²) in [5, 5.41) is 12.7. The number of nitrogens with one attached hydrogen (secondary N) is 1. The summed E-state index contributed by atoms with van der Waals surface area (Å²) < 4.78 is 0. The van der Waals surface area contributed by atoms with Gasteiger partial charge in [0.2, 0.25) is 0 Å². The van der Waals surface area contributed by atoms with Crippen LogP contribution in [0.5, 0.6) is 0 Å². The van der Waals surface area contributed by atoms with Gasteiger partial charge in [0.1, 0.15) is 5.82 Å². The van der Waals surface area contributed by atoms with Crippen molar-refractivity contribution in [3.8, 4) is 0 Å². The van der Waals surface area contributed by atoms with Gasteiger partial charge >= 0.3 is 5.97 Å². The number of hydrogen-bond donors (Lipinski definition) is 2. The van der Waals surface area contributed by atoms with E-state index in [0.29, 0.717) is 23.3 Å². The second kappa shape index (κ2) is 6.25. The summed E-state index contributed by atoms with van der Waals surface area (Å²) in [5.41, 5.74) is 1.14. The van der Waals surface area contributed by atoms with Crippen molar-refractivity contribution >= 4 is 11.8 Å². The largest absolute Gasteiger partial charge is 0.478 e. The summed E-state index contributed by atoms with van der Waals surface area (Å²) in [4.78, 5) is 15.8. The van der Waals surface area contributed by atoms with Gasteiger partial charge in [-0.05, 0) is 36.8 Å². The second-order valence-electron chi connectivity index (χ2n) is 6.14. The van der Waals surface area contributed by atoms with Gasteiger partial charge in [-0.3, -0.25) is 0 Å². The van der Waals surface area contributed by atoms with E-state index in [2.05, 4.69) is 17.2 Å². The SMILES string of the molecule is CC(C)c1cc(C(=O)O)cc(NC2CCCCC2C)n1. The molecule has 1 heterocycles. The first-order chi connectivity index (χ1) is 9.47. The van der Waals surface area contributed by atoms with Gasteiger partial charge in [-0.15, -0.1) is 0 Å². The Labute approximate surface area is 120 Å².